The molecule has 3 aromatic rings. The van der Waals surface area contributed by atoms with Crippen LogP contribution in [0.15, 0.2) is 47.8 Å². The second-order valence-corrected chi connectivity index (χ2v) is 7.52. The minimum Gasteiger partial charge on any atom is -0.497 e. The molecule has 132 valence electrons. The van der Waals surface area contributed by atoms with Gasteiger partial charge in [-0.3, -0.25) is 4.79 Å². The van der Waals surface area contributed by atoms with Gasteiger partial charge in [0.25, 0.3) is 5.91 Å². The Hall–Kier alpha value is -2.37. The van der Waals surface area contributed by atoms with E-state index in [9.17, 15) is 4.79 Å². The van der Waals surface area contributed by atoms with Gasteiger partial charge in [0.15, 0.2) is 0 Å². The number of thiazole rings is 1. The zero-order chi connectivity index (χ0) is 18.1. The predicted octanol–water partition coefficient (Wildman–Crippen LogP) is 5.60. The van der Waals surface area contributed by atoms with Crippen LogP contribution in [-0.2, 0) is 0 Å². The van der Waals surface area contributed by atoms with Gasteiger partial charge in [-0.2, -0.15) is 0 Å². The Morgan fingerprint density at radius 2 is 2.00 bits per heavy atom. The van der Waals surface area contributed by atoms with Crippen molar-refractivity contribution in [1.29, 1.82) is 0 Å². The summed E-state index contributed by atoms with van der Waals surface area (Å²) >= 11 is 7.89. The van der Waals surface area contributed by atoms with Gasteiger partial charge in [0.05, 0.1) is 28.4 Å². The largest absolute Gasteiger partial charge is 0.497 e. The van der Waals surface area contributed by atoms with Crippen LogP contribution in [0.1, 0.15) is 34.1 Å². The number of nitrogens with zero attached hydrogens (tertiary/aromatic N) is 1. The van der Waals surface area contributed by atoms with Gasteiger partial charge in [0.1, 0.15) is 5.75 Å². The zero-order valence-electron chi connectivity index (χ0n) is 14.2. The van der Waals surface area contributed by atoms with E-state index in [1.54, 1.807) is 36.6 Å². The van der Waals surface area contributed by atoms with Crippen molar-refractivity contribution in [3.05, 3.63) is 63.4 Å². The molecule has 4 rings (SSSR count). The number of halogens is 1. The number of amides is 1. The van der Waals surface area contributed by atoms with Crippen LogP contribution in [0.25, 0.3) is 11.3 Å². The van der Waals surface area contributed by atoms with Gasteiger partial charge in [-0.15, -0.1) is 11.3 Å². The van der Waals surface area contributed by atoms with Crippen molar-refractivity contribution >= 4 is 34.5 Å². The maximum Gasteiger partial charge on any atom is 0.257 e. The standard InChI is InChI=1S/C20H17ClN2O2S/c1-25-15-8-9-16(17(21)10-15)19(24)22-14-6-4-12(5-7-14)18-11-26-20(23-18)13-2-3-13/h4-11,13H,2-3H2,1H3,(H,22,24). The van der Waals surface area contributed by atoms with Crippen LogP contribution >= 0.6 is 22.9 Å². The first kappa shape index (κ1) is 17.1. The highest BCUT2D eigenvalue weighted by Crippen LogP contribution is 2.42. The van der Waals surface area contributed by atoms with E-state index in [4.69, 9.17) is 21.3 Å². The summed E-state index contributed by atoms with van der Waals surface area (Å²) in [5, 5.41) is 6.55. The Balaban J connectivity index is 1.47. The Morgan fingerprint density at radius 3 is 2.65 bits per heavy atom. The summed E-state index contributed by atoms with van der Waals surface area (Å²) in [6.45, 7) is 0. The molecule has 0 atom stereocenters. The first-order valence-corrected chi connectivity index (χ1v) is 9.60. The molecule has 0 radical (unpaired) electrons. The molecule has 4 nitrogen and oxygen atoms in total. The molecule has 0 saturated heterocycles. The smallest absolute Gasteiger partial charge is 0.257 e. The Bertz CT molecular complexity index is 949. The van der Waals surface area contributed by atoms with Crippen LogP contribution in [0.3, 0.4) is 0 Å². The van der Waals surface area contributed by atoms with Crippen LogP contribution in [0.2, 0.25) is 5.02 Å². The maximum atomic E-state index is 12.4. The molecule has 2 aromatic carbocycles. The predicted molar refractivity (Wildman–Crippen MR) is 105 cm³/mol. The van der Waals surface area contributed by atoms with Crippen LogP contribution in [0, 0.1) is 0 Å². The fourth-order valence-electron chi connectivity index (χ4n) is 2.67. The monoisotopic (exact) mass is 384 g/mol. The molecule has 1 aliphatic rings. The average molecular weight is 385 g/mol. The highest BCUT2D eigenvalue weighted by molar-refractivity contribution is 7.10. The molecule has 1 heterocycles. The molecule has 0 spiro atoms. The topological polar surface area (TPSA) is 51.2 Å². The summed E-state index contributed by atoms with van der Waals surface area (Å²) in [7, 11) is 1.56. The number of carbonyl (C=O) groups excluding carboxylic acids is 1. The summed E-state index contributed by atoms with van der Waals surface area (Å²) < 4.78 is 5.10. The first-order chi connectivity index (χ1) is 12.6. The Morgan fingerprint density at radius 1 is 1.23 bits per heavy atom. The number of anilines is 1. The minimum atomic E-state index is -0.255. The van der Waals surface area contributed by atoms with Gasteiger partial charge < -0.3 is 10.1 Å². The van der Waals surface area contributed by atoms with E-state index in [1.807, 2.05) is 24.3 Å². The molecule has 0 aliphatic heterocycles. The van der Waals surface area contributed by atoms with E-state index in [0.29, 0.717) is 27.9 Å². The van der Waals surface area contributed by atoms with Crippen molar-refractivity contribution < 1.29 is 9.53 Å². The molecular weight excluding hydrogens is 368 g/mol. The van der Waals surface area contributed by atoms with Gasteiger partial charge in [-0.25, -0.2) is 4.98 Å². The van der Waals surface area contributed by atoms with E-state index < -0.39 is 0 Å². The third-order valence-electron chi connectivity index (χ3n) is 4.31. The van der Waals surface area contributed by atoms with Crippen molar-refractivity contribution in [2.75, 3.05) is 12.4 Å². The van der Waals surface area contributed by atoms with E-state index in [1.165, 1.54) is 17.8 Å². The lowest BCUT2D eigenvalue weighted by Crippen LogP contribution is -2.12. The molecule has 1 aromatic heterocycles. The van der Waals surface area contributed by atoms with Crippen molar-refractivity contribution in [2.45, 2.75) is 18.8 Å². The van der Waals surface area contributed by atoms with Crippen LogP contribution in [-0.4, -0.2) is 18.0 Å². The normalized spacial score (nSPS) is 13.5. The zero-order valence-corrected chi connectivity index (χ0v) is 15.7. The Kier molecular flexibility index (Phi) is 4.66. The molecule has 1 fully saturated rings. The molecule has 0 bridgehead atoms. The van der Waals surface area contributed by atoms with E-state index in [2.05, 4.69) is 10.7 Å². The molecule has 26 heavy (non-hydrogen) atoms. The number of hydrogen-bond acceptors (Lipinski definition) is 4. The lowest BCUT2D eigenvalue weighted by atomic mass is 10.1. The van der Waals surface area contributed by atoms with Gasteiger partial charge in [0.2, 0.25) is 0 Å². The molecule has 1 N–H and O–H groups in total. The molecule has 1 aliphatic carbocycles. The lowest BCUT2D eigenvalue weighted by molar-refractivity contribution is 0.102. The third-order valence-corrected chi connectivity index (χ3v) is 5.63. The third kappa shape index (κ3) is 3.59. The fraction of sp³-hybridized carbons (Fsp3) is 0.200. The van der Waals surface area contributed by atoms with E-state index >= 15 is 0 Å². The summed E-state index contributed by atoms with van der Waals surface area (Å²) in [6, 6.07) is 12.7. The summed E-state index contributed by atoms with van der Waals surface area (Å²) in [6.07, 6.45) is 2.51. The Labute approximate surface area is 160 Å². The van der Waals surface area contributed by atoms with Crippen LogP contribution in [0.4, 0.5) is 5.69 Å². The number of rotatable bonds is 5. The number of hydrogen-bond donors (Lipinski definition) is 1. The highest BCUT2D eigenvalue weighted by Gasteiger charge is 2.26. The van der Waals surface area contributed by atoms with E-state index in [-0.39, 0.29) is 5.91 Å². The molecule has 1 saturated carbocycles. The average Bonchev–Trinajstić information content (AvgIpc) is 3.39. The molecule has 1 amide bonds. The fourth-order valence-corrected chi connectivity index (χ4v) is 3.92. The number of benzene rings is 2. The molecule has 0 unspecified atom stereocenters. The second kappa shape index (κ2) is 7.09. The van der Waals surface area contributed by atoms with Crippen LogP contribution < -0.4 is 10.1 Å². The first-order valence-electron chi connectivity index (χ1n) is 8.35. The van der Waals surface area contributed by atoms with Gasteiger partial charge in [0, 0.05) is 22.5 Å². The van der Waals surface area contributed by atoms with Crippen LogP contribution in [0.5, 0.6) is 5.75 Å². The lowest BCUT2D eigenvalue weighted by Gasteiger charge is -2.08. The number of carbonyl (C=O) groups is 1. The van der Waals surface area contributed by atoms with Crippen molar-refractivity contribution in [2.24, 2.45) is 0 Å². The molecular formula is C20H17ClN2O2S. The van der Waals surface area contributed by atoms with Gasteiger partial charge in [-0.05, 0) is 43.2 Å². The quantitative estimate of drug-likeness (QED) is 0.622. The minimum absolute atomic E-state index is 0.255. The number of aromatic nitrogens is 1. The second-order valence-electron chi connectivity index (χ2n) is 6.22. The molecule has 6 heteroatoms. The summed E-state index contributed by atoms with van der Waals surface area (Å²) in [5.74, 6) is 1.03. The SMILES string of the molecule is COc1ccc(C(=O)Nc2ccc(-c3csc(C4CC4)n3)cc2)c(Cl)c1. The number of methoxy groups -OCH3 is 1. The number of ether oxygens (including phenoxy) is 1. The van der Waals surface area contributed by atoms with Crippen molar-refractivity contribution in [3.8, 4) is 17.0 Å². The van der Waals surface area contributed by atoms with E-state index in [0.717, 1.165) is 11.3 Å². The van der Waals surface area contributed by atoms with Crippen molar-refractivity contribution in [3.63, 3.8) is 0 Å². The highest BCUT2D eigenvalue weighted by atomic mass is 35.5. The summed E-state index contributed by atoms with van der Waals surface area (Å²) in [5.41, 5.74) is 3.16. The summed E-state index contributed by atoms with van der Waals surface area (Å²) in [4.78, 5) is 17.1. The maximum absolute atomic E-state index is 12.4. The van der Waals surface area contributed by atoms with Gasteiger partial charge in [-0.1, -0.05) is 23.7 Å². The van der Waals surface area contributed by atoms with Gasteiger partial charge >= 0.3 is 0 Å². The van der Waals surface area contributed by atoms with Crippen molar-refractivity contribution in [1.82, 2.24) is 4.98 Å². The number of nitrogens with one attached hydrogen (secondary N) is 1.